The lowest BCUT2D eigenvalue weighted by Gasteiger charge is -2.34. The molecule has 0 fully saturated rings. The van der Waals surface area contributed by atoms with Gasteiger partial charge in [-0.15, -0.1) is 11.3 Å². The molecule has 1 aromatic carbocycles. The first-order valence-corrected chi connectivity index (χ1v) is 9.29. The van der Waals surface area contributed by atoms with Crippen molar-refractivity contribution >= 4 is 21.4 Å². The summed E-state index contributed by atoms with van der Waals surface area (Å²) in [5.74, 6) is -1.78. The predicted octanol–water partition coefficient (Wildman–Crippen LogP) is 3.72. The maximum atomic E-state index is 13.4. The van der Waals surface area contributed by atoms with Crippen LogP contribution in [0, 0.1) is 11.6 Å². The van der Waals surface area contributed by atoms with E-state index in [1.165, 1.54) is 9.18 Å². The Morgan fingerprint density at radius 1 is 1.27 bits per heavy atom. The molecule has 7 heteroatoms. The molecule has 2 aromatic rings. The van der Waals surface area contributed by atoms with Crippen molar-refractivity contribution in [3.63, 3.8) is 0 Å². The number of fused-ring (bicyclic) bond motifs is 1. The van der Waals surface area contributed by atoms with Gasteiger partial charge in [0.25, 0.3) is 0 Å². The largest absolute Gasteiger partial charge is 0.243 e. The van der Waals surface area contributed by atoms with Gasteiger partial charge in [0.05, 0.1) is 10.9 Å². The van der Waals surface area contributed by atoms with Crippen LogP contribution in [-0.2, 0) is 16.4 Å². The molecular weight excluding hydrogens is 328 g/mol. The third-order valence-corrected chi connectivity index (χ3v) is 6.76. The van der Waals surface area contributed by atoms with Crippen LogP contribution in [0.25, 0.3) is 0 Å². The van der Waals surface area contributed by atoms with E-state index in [2.05, 4.69) is 0 Å². The lowest BCUT2D eigenvalue weighted by Crippen LogP contribution is -2.39. The van der Waals surface area contributed by atoms with E-state index in [1.807, 2.05) is 18.4 Å². The van der Waals surface area contributed by atoms with E-state index >= 15 is 0 Å². The Kier molecular flexibility index (Phi) is 4.05. The van der Waals surface area contributed by atoms with Crippen molar-refractivity contribution in [1.82, 2.24) is 4.31 Å². The minimum absolute atomic E-state index is 0.286. The van der Waals surface area contributed by atoms with E-state index in [4.69, 9.17) is 0 Å². The zero-order valence-electron chi connectivity index (χ0n) is 11.9. The number of hydrogen-bond donors (Lipinski definition) is 0. The molecule has 3 rings (SSSR count). The lowest BCUT2D eigenvalue weighted by atomic mass is 10.0. The Hall–Kier alpha value is -1.31. The molecule has 0 amide bonds. The smallest absolute Gasteiger partial charge is 0.207 e. The van der Waals surface area contributed by atoms with Gasteiger partial charge in [0.15, 0.2) is 0 Å². The summed E-state index contributed by atoms with van der Waals surface area (Å²) >= 11 is 1.62. The van der Waals surface area contributed by atoms with Gasteiger partial charge in [-0.1, -0.05) is 6.92 Å². The Balaban J connectivity index is 2.05. The molecule has 0 saturated heterocycles. The summed E-state index contributed by atoms with van der Waals surface area (Å²) in [5.41, 5.74) is 0.999. The number of rotatable bonds is 3. The number of halogens is 2. The molecule has 0 saturated carbocycles. The zero-order valence-corrected chi connectivity index (χ0v) is 13.6. The third-order valence-electron chi connectivity index (χ3n) is 3.88. The summed E-state index contributed by atoms with van der Waals surface area (Å²) in [7, 11) is -3.93. The van der Waals surface area contributed by atoms with E-state index in [1.54, 1.807) is 11.3 Å². The summed E-state index contributed by atoms with van der Waals surface area (Å²) in [6, 6.07) is 4.06. The van der Waals surface area contributed by atoms with Gasteiger partial charge in [0.1, 0.15) is 11.6 Å². The second-order valence-corrected chi connectivity index (χ2v) is 8.09. The first-order valence-electron chi connectivity index (χ1n) is 6.97. The van der Waals surface area contributed by atoms with Gasteiger partial charge in [-0.05, 0) is 42.0 Å². The molecule has 1 atom stereocenters. The molecule has 0 spiro atoms. The van der Waals surface area contributed by atoms with Crippen LogP contribution in [-0.4, -0.2) is 19.3 Å². The van der Waals surface area contributed by atoms with Crippen LogP contribution in [0.15, 0.2) is 34.5 Å². The highest BCUT2D eigenvalue weighted by molar-refractivity contribution is 7.89. The van der Waals surface area contributed by atoms with Crippen molar-refractivity contribution in [2.24, 2.45) is 0 Å². The van der Waals surface area contributed by atoms with Gasteiger partial charge in [0, 0.05) is 17.5 Å². The highest BCUT2D eigenvalue weighted by Crippen LogP contribution is 2.38. The molecule has 1 aliphatic heterocycles. The molecule has 1 aromatic heterocycles. The maximum absolute atomic E-state index is 13.4. The minimum Gasteiger partial charge on any atom is -0.207 e. The quantitative estimate of drug-likeness (QED) is 0.852. The molecule has 118 valence electrons. The Morgan fingerprint density at radius 2 is 1.95 bits per heavy atom. The second kappa shape index (κ2) is 5.72. The molecule has 3 nitrogen and oxygen atoms in total. The lowest BCUT2D eigenvalue weighted by molar-refractivity contribution is 0.303. The van der Waals surface area contributed by atoms with Crippen LogP contribution < -0.4 is 0 Å². The summed E-state index contributed by atoms with van der Waals surface area (Å²) in [6.45, 7) is 2.23. The molecule has 0 unspecified atom stereocenters. The van der Waals surface area contributed by atoms with Crippen molar-refractivity contribution < 1.29 is 17.2 Å². The molecule has 0 N–H and O–H groups in total. The number of sulfonamides is 1. The third kappa shape index (κ3) is 2.57. The SMILES string of the molecule is CC[C@@H]1c2ccsc2CCN1S(=O)(=O)c1cc(F)cc(F)c1. The van der Waals surface area contributed by atoms with Crippen molar-refractivity contribution in [1.29, 1.82) is 0 Å². The highest BCUT2D eigenvalue weighted by Gasteiger charge is 2.36. The number of nitrogens with zero attached hydrogens (tertiary/aromatic N) is 1. The number of thiophene rings is 1. The van der Waals surface area contributed by atoms with Crippen molar-refractivity contribution in [3.8, 4) is 0 Å². The topological polar surface area (TPSA) is 37.4 Å². The Bertz CT molecular complexity index is 781. The molecule has 0 bridgehead atoms. The minimum atomic E-state index is -3.93. The van der Waals surface area contributed by atoms with Crippen LogP contribution in [0.5, 0.6) is 0 Å². The average molecular weight is 343 g/mol. The first-order chi connectivity index (χ1) is 10.4. The Labute approximate surface area is 132 Å². The molecule has 2 heterocycles. The van der Waals surface area contributed by atoms with E-state index in [9.17, 15) is 17.2 Å². The second-order valence-electron chi connectivity index (χ2n) is 5.19. The van der Waals surface area contributed by atoms with Gasteiger partial charge in [0.2, 0.25) is 10.0 Å². The molecule has 22 heavy (non-hydrogen) atoms. The zero-order chi connectivity index (χ0) is 15.9. The van der Waals surface area contributed by atoms with Crippen LogP contribution in [0.1, 0.15) is 29.8 Å². The standard InChI is InChI=1S/C15H15F2NO2S2/c1-2-14-13-4-6-21-15(13)3-5-18(14)22(19,20)12-8-10(16)7-11(17)9-12/h4,6-9,14H,2-3,5H2,1H3/t14-/m1/s1. The van der Waals surface area contributed by atoms with Crippen LogP contribution in [0.4, 0.5) is 8.78 Å². The molecule has 0 radical (unpaired) electrons. The van der Waals surface area contributed by atoms with Gasteiger partial charge in [-0.3, -0.25) is 0 Å². The summed E-state index contributed by atoms with van der Waals surface area (Å²) in [5, 5.41) is 1.95. The van der Waals surface area contributed by atoms with Gasteiger partial charge >= 0.3 is 0 Å². The van der Waals surface area contributed by atoms with Crippen molar-refractivity contribution in [2.45, 2.75) is 30.7 Å². The van der Waals surface area contributed by atoms with E-state index in [0.717, 1.165) is 17.7 Å². The predicted molar refractivity (Wildman–Crippen MR) is 81.3 cm³/mol. The van der Waals surface area contributed by atoms with E-state index < -0.39 is 21.7 Å². The molecule has 0 aliphatic carbocycles. The van der Waals surface area contributed by atoms with Gasteiger partial charge < -0.3 is 0 Å². The number of benzene rings is 1. The van der Waals surface area contributed by atoms with Crippen molar-refractivity contribution in [3.05, 3.63) is 51.7 Å². The first kappa shape index (κ1) is 15.6. The van der Waals surface area contributed by atoms with Crippen LogP contribution in [0.2, 0.25) is 0 Å². The summed E-state index contributed by atoms with van der Waals surface area (Å²) in [6.07, 6.45) is 1.24. The highest BCUT2D eigenvalue weighted by atomic mass is 32.2. The molecule has 1 aliphatic rings. The normalized spacial score (nSPS) is 19.1. The fourth-order valence-corrected chi connectivity index (χ4v) is 5.55. The van der Waals surface area contributed by atoms with Crippen molar-refractivity contribution in [2.75, 3.05) is 6.54 Å². The average Bonchev–Trinajstić information content (AvgIpc) is 2.93. The van der Waals surface area contributed by atoms with Crippen LogP contribution in [0.3, 0.4) is 0 Å². The summed E-state index contributed by atoms with van der Waals surface area (Å²) in [4.78, 5) is 0.853. The van der Waals surface area contributed by atoms with E-state index in [0.29, 0.717) is 25.5 Å². The fraction of sp³-hybridized carbons (Fsp3) is 0.333. The monoisotopic (exact) mass is 343 g/mol. The van der Waals surface area contributed by atoms with Crippen LogP contribution >= 0.6 is 11.3 Å². The summed E-state index contributed by atoms with van der Waals surface area (Å²) < 4.78 is 53.7. The maximum Gasteiger partial charge on any atom is 0.243 e. The Morgan fingerprint density at radius 3 is 2.59 bits per heavy atom. The fourth-order valence-electron chi connectivity index (χ4n) is 2.90. The number of hydrogen-bond acceptors (Lipinski definition) is 3. The van der Waals surface area contributed by atoms with Gasteiger partial charge in [-0.2, -0.15) is 4.31 Å². The van der Waals surface area contributed by atoms with E-state index in [-0.39, 0.29) is 10.9 Å². The van der Waals surface area contributed by atoms with Gasteiger partial charge in [-0.25, -0.2) is 17.2 Å². The molecular formula is C15H15F2NO2S2.